The lowest BCUT2D eigenvalue weighted by atomic mass is 9.98. The number of aromatic nitrogens is 2. The number of anilines is 1. The fourth-order valence-corrected chi connectivity index (χ4v) is 3.68. The molecule has 1 fully saturated rings. The molecule has 0 spiro atoms. The van der Waals surface area contributed by atoms with Crippen LogP contribution in [0.3, 0.4) is 0 Å². The summed E-state index contributed by atoms with van der Waals surface area (Å²) in [4.78, 5) is 13.3. The first-order valence-electron chi connectivity index (χ1n) is 8.76. The van der Waals surface area contributed by atoms with Crippen molar-refractivity contribution in [2.24, 2.45) is 5.92 Å². The van der Waals surface area contributed by atoms with E-state index in [1.54, 1.807) is 13.0 Å². The number of amides is 1. The average Bonchev–Trinajstić information content (AvgIpc) is 2.60. The summed E-state index contributed by atoms with van der Waals surface area (Å²) in [7, 11) is 0. The first-order chi connectivity index (χ1) is 12.4. The van der Waals surface area contributed by atoms with Gasteiger partial charge in [-0.2, -0.15) is 0 Å². The number of phenolic OH excluding ortho intramolecular Hbond substituents is 1. The van der Waals surface area contributed by atoms with E-state index in [2.05, 4.69) is 20.4 Å². The fourth-order valence-electron chi connectivity index (χ4n) is 3.41. The first-order valence-corrected chi connectivity index (χ1v) is 9.14. The van der Waals surface area contributed by atoms with Crippen molar-refractivity contribution >= 4 is 23.3 Å². The van der Waals surface area contributed by atoms with E-state index in [1.807, 2.05) is 19.1 Å². The molecule has 0 bridgehead atoms. The normalized spacial score (nSPS) is 17.2. The number of aryl methyl sites for hydroxylation is 1. The Morgan fingerprint density at radius 1 is 1.38 bits per heavy atom. The van der Waals surface area contributed by atoms with E-state index in [-0.39, 0.29) is 11.7 Å². The van der Waals surface area contributed by atoms with Crippen molar-refractivity contribution in [3.8, 4) is 17.0 Å². The predicted octanol–water partition coefficient (Wildman–Crippen LogP) is 3.16. The van der Waals surface area contributed by atoms with Gasteiger partial charge in [-0.1, -0.05) is 11.6 Å². The number of halogens is 1. The highest BCUT2D eigenvalue weighted by Crippen LogP contribution is 2.34. The van der Waals surface area contributed by atoms with Gasteiger partial charge in [0.1, 0.15) is 5.75 Å². The second-order valence-electron chi connectivity index (χ2n) is 6.78. The summed E-state index contributed by atoms with van der Waals surface area (Å²) < 4.78 is 0. The highest BCUT2D eigenvalue weighted by Gasteiger charge is 2.21. The van der Waals surface area contributed by atoms with E-state index >= 15 is 0 Å². The Kier molecular flexibility index (Phi) is 5.61. The van der Waals surface area contributed by atoms with Gasteiger partial charge in [-0.25, -0.2) is 0 Å². The van der Waals surface area contributed by atoms with Gasteiger partial charge < -0.3 is 15.3 Å². The molecule has 7 heteroatoms. The van der Waals surface area contributed by atoms with Crippen molar-refractivity contribution in [3.05, 3.63) is 34.9 Å². The summed E-state index contributed by atoms with van der Waals surface area (Å²) in [5.74, 6) is 1.33. The van der Waals surface area contributed by atoms with Gasteiger partial charge in [-0.3, -0.25) is 4.79 Å². The van der Waals surface area contributed by atoms with Crippen LogP contribution in [0.5, 0.6) is 5.75 Å². The zero-order valence-corrected chi connectivity index (χ0v) is 15.8. The maximum Gasteiger partial charge on any atom is 0.216 e. The number of phenols is 1. The number of hydrogen-bond acceptors (Lipinski definition) is 5. The van der Waals surface area contributed by atoms with Crippen LogP contribution in [0, 0.1) is 12.8 Å². The molecule has 2 heterocycles. The molecule has 1 aromatic heterocycles. The minimum absolute atomic E-state index is 0.00408. The number of carbonyl (C=O) groups is 1. The Morgan fingerprint density at radius 3 is 2.85 bits per heavy atom. The Bertz CT molecular complexity index is 772. The van der Waals surface area contributed by atoms with Gasteiger partial charge in [0.15, 0.2) is 5.82 Å². The van der Waals surface area contributed by atoms with Crippen molar-refractivity contribution < 1.29 is 9.90 Å². The third-order valence-electron chi connectivity index (χ3n) is 4.67. The highest BCUT2D eigenvalue weighted by atomic mass is 35.5. The van der Waals surface area contributed by atoms with Crippen LogP contribution in [0.2, 0.25) is 5.02 Å². The minimum Gasteiger partial charge on any atom is -0.507 e. The van der Waals surface area contributed by atoms with E-state index in [0.29, 0.717) is 28.7 Å². The van der Waals surface area contributed by atoms with Gasteiger partial charge in [-0.05, 0) is 55.5 Å². The third-order valence-corrected chi connectivity index (χ3v) is 4.89. The molecular weight excluding hydrogens is 352 g/mol. The van der Waals surface area contributed by atoms with E-state index in [0.717, 1.165) is 37.3 Å². The summed E-state index contributed by atoms with van der Waals surface area (Å²) in [5.41, 5.74) is 2.12. The summed E-state index contributed by atoms with van der Waals surface area (Å²) in [5, 5.41) is 22.2. The number of nitrogens with one attached hydrogen (secondary N) is 1. The molecule has 2 aromatic rings. The lowest BCUT2D eigenvalue weighted by Crippen LogP contribution is -2.41. The quantitative estimate of drug-likeness (QED) is 0.859. The molecule has 6 nitrogen and oxygen atoms in total. The average molecular weight is 375 g/mol. The van der Waals surface area contributed by atoms with Crippen LogP contribution in [0.25, 0.3) is 11.3 Å². The standard InChI is InChI=1S/C19H23ClN4O2/c1-12-8-15(20)9-17(26)19(12)16-5-6-18(23-22-16)24-7-3-4-14(11-24)10-21-13(2)25/h5-6,8-9,14,26H,3-4,7,10-11H2,1-2H3,(H,21,25)/t14-/m0/s1. The number of aromatic hydroxyl groups is 1. The first kappa shape index (κ1) is 18.5. The Labute approximate surface area is 158 Å². The Morgan fingerprint density at radius 2 is 2.19 bits per heavy atom. The maximum absolute atomic E-state index is 11.1. The van der Waals surface area contributed by atoms with Crippen molar-refractivity contribution in [3.63, 3.8) is 0 Å². The third kappa shape index (κ3) is 4.25. The van der Waals surface area contributed by atoms with Gasteiger partial charge in [0.05, 0.1) is 5.69 Å². The van der Waals surface area contributed by atoms with Crippen LogP contribution in [0.15, 0.2) is 24.3 Å². The second-order valence-corrected chi connectivity index (χ2v) is 7.22. The number of benzene rings is 1. The number of nitrogens with zero attached hydrogens (tertiary/aromatic N) is 3. The number of piperidine rings is 1. The lowest BCUT2D eigenvalue weighted by molar-refractivity contribution is -0.119. The van der Waals surface area contributed by atoms with Crippen molar-refractivity contribution in [1.29, 1.82) is 0 Å². The minimum atomic E-state index is 0.00408. The van der Waals surface area contributed by atoms with E-state index in [4.69, 9.17) is 11.6 Å². The van der Waals surface area contributed by atoms with Gasteiger partial charge in [0.2, 0.25) is 5.91 Å². The molecular formula is C19H23ClN4O2. The van der Waals surface area contributed by atoms with Crippen LogP contribution in [0.4, 0.5) is 5.82 Å². The molecule has 1 aliphatic rings. The molecule has 1 aliphatic heterocycles. The van der Waals surface area contributed by atoms with Crippen molar-refractivity contribution in [2.45, 2.75) is 26.7 Å². The summed E-state index contributed by atoms with van der Waals surface area (Å²) >= 11 is 5.97. The Hall–Kier alpha value is -2.34. The molecule has 0 unspecified atom stereocenters. The second kappa shape index (κ2) is 7.91. The molecule has 0 aliphatic carbocycles. The largest absolute Gasteiger partial charge is 0.507 e. The molecule has 1 aromatic carbocycles. The number of carbonyl (C=O) groups excluding carboxylic acids is 1. The topological polar surface area (TPSA) is 78.4 Å². The van der Waals surface area contributed by atoms with Gasteiger partial charge in [0.25, 0.3) is 0 Å². The highest BCUT2D eigenvalue weighted by molar-refractivity contribution is 6.31. The van der Waals surface area contributed by atoms with Gasteiger partial charge in [-0.15, -0.1) is 10.2 Å². The van der Waals surface area contributed by atoms with Gasteiger partial charge in [0, 0.05) is 37.1 Å². The van der Waals surface area contributed by atoms with Crippen molar-refractivity contribution in [1.82, 2.24) is 15.5 Å². The molecule has 26 heavy (non-hydrogen) atoms. The molecule has 0 radical (unpaired) electrons. The van der Waals surface area contributed by atoms with Crippen LogP contribution in [-0.4, -0.2) is 40.8 Å². The SMILES string of the molecule is CC(=O)NC[C@@H]1CCCN(c2ccc(-c3c(C)cc(Cl)cc3O)nn2)C1. The Balaban J connectivity index is 1.74. The molecule has 1 saturated heterocycles. The zero-order chi connectivity index (χ0) is 18.7. The maximum atomic E-state index is 11.1. The molecule has 3 rings (SSSR count). The van der Waals surface area contributed by atoms with Crippen LogP contribution in [-0.2, 0) is 4.79 Å². The predicted molar refractivity (Wildman–Crippen MR) is 103 cm³/mol. The van der Waals surface area contributed by atoms with E-state index < -0.39 is 0 Å². The number of rotatable bonds is 4. The van der Waals surface area contributed by atoms with E-state index in [1.165, 1.54) is 6.07 Å². The summed E-state index contributed by atoms with van der Waals surface area (Å²) in [6.45, 7) is 5.89. The molecule has 1 atom stereocenters. The zero-order valence-electron chi connectivity index (χ0n) is 15.0. The molecule has 0 saturated carbocycles. The number of hydrogen-bond donors (Lipinski definition) is 2. The van der Waals surface area contributed by atoms with Crippen LogP contribution >= 0.6 is 11.6 Å². The van der Waals surface area contributed by atoms with Crippen molar-refractivity contribution in [2.75, 3.05) is 24.5 Å². The molecule has 138 valence electrons. The van der Waals surface area contributed by atoms with Crippen LogP contribution < -0.4 is 10.2 Å². The van der Waals surface area contributed by atoms with E-state index in [9.17, 15) is 9.90 Å². The fraction of sp³-hybridized carbons (Fsp3) is 0.421. The summed E-state index contributed by atoms with van der Waals surface area (Å²) in [6.07, 6.45) is 2.16. The molecule has 2 N–H and O–H groups in total. The smallest absolute Gasteiger partial charge is 0.216 e. The van der Waals surface area contributed by atoms with Gasteiger partial charge >= 0.3 is 0 Å². The summed E-state index contributed by atoms with van der Waals surface area (Å²) in [6, 6.07) is 7.10. The molecule has 1 amide bonds. The monoisotopic (exact) mass is 374 g/mol. The lowest BCUT2D eigenvalue weighted by Gasteiger charge is -2.33. The van der Waals surface area contributed by atoms with Crippen LogP contribution in [0.1, 0.15) is 25.3 Å².